The number of rotatable bonds is 15. The van der Waals surface area contributed by atoms with Crippen LogP contribution in [0.5, 0.6) is 5.75 Å². The van der Waals surface area contributed by atoms with Crippen LogP contribution in [-0.2, 0) is 41.7 Å². The van der Waals surface area contributed by atoms with Crippen molar-refractivity contribution in [2.45, 2.75) is 103 Å². The molecule has 0 unspecified atom stereocenters. The zero-order valence-electron chi connectivity index (χ0n) is 31.7. The number of benzene rings is 3. The number of para-hydroxylation sites is 1. The second-order valence-corrected chi connectivity index (χ2v) is 16.5. The highest BCUT2D eigenvalue weighted by atomic mass is 32.2. The molecule has 0 radical (unpaired) electrons. The van der Waals surface area contributed by atoms with E-state index in [-0.39, 0.29) is 43.6 Å². The summed E-state index contributed by atoms with van der Waals surface area (Å²) in [6, 6.07) is 22.3. The minimum atomic E-state index is -1.53. The van der Waals surface area contributed by atoms with E-state index < -0.39 is 46.3 Å². The summed E-state index contributed by atoms with van der Waals surface area (Å²) in [6.45, 7) is 13.1. The van der Waals surface area contributed by atoms with Crippen molar-refractivity contribution in [2.24, 2.45) is 0 Å². The molecule has 3 aromatic rings. The summed E-state index contributed by atoms with van der Waals surface area (Å²) in [5.74, 6) is -1.91. The fraction of sp³-hybridized carbons (Fsp3) is 0.439. The van der Waals surface area contributed by atoms with Gasteiger partial charge in [0.2, 0.25) is 17.9 Å². The van der Waals surface area contributed by atoms with Crippen LogP contribution in [0, 0.1) is 13.8 Å². The first-order valence-corrected chi connectivity index (χ1v) is 18.8. The second kappa shape index (κ2) is 18.3. The normalized spacial score (nSPS) is 16.2. The number of ether oxygens (including phenoxy) is 2. The zero-order chi connectivity index (χ0) is 38.8. The maximum atomic E-state index is 14.7. The van der Waals surface area contributed by atoms with Gasteiger partial charge < -0.3 is 30.3 Å². The maximum Gasteiger partial charge on any atom is 0.307 e. The quantitative estimate of drug-likeness (QED) is 0.185. The third-order valence-electron chi connectivity index (χ3n) is 8.73. The second-order valence-electron chi connectivity index (χ2n) is 14.9. The molecule has 0 spiro atoms. The van der Waals surface area contributed by atoms with Crippen molar-refractivity contribution in [3.8, 4) is 5.75 Å². The van der Waals surface area contributed by atoms with Gasteiger partial charge in [-0.2, -0.15) is 0 Å². The molecule has 53 heavy (non-hydrogen) atoms. The lowest BCUT2D eigenvalue weighted by Gasteiger charge is -2.36. The van der Waals surface area contributed by atoms with E-state index in [0.717, 1.165) is 22.3 Å². The third kappa shape index (κ3) is 12.1. The molecule has 0 aliphatic carbocycles. The van der Waals surface area contributed by atoms with Crippen molar-refractivity contribution in [1.82, 2.24) is 20.9 Å². The average molecular weight is 745 g/mol. The minimum Gasteiger partial charge on any atom is -0.483 e. The van der Waals surface area contributed by atoms with Crippen LogP contribution in [0.2, 0.25) is 0 Å². The molecular weight excluding hydrogens is 693 g/mol. The number of nitrogens with zero attached hydrogens (tertiary/aromatic N) is 1. The third-order valence-corrected chi connectivity index (χ3v) is 10.1. The minimum absolute atomic E-state index is 0.125. The summed E-state index contributed by atoms with van der Waals surface area (Å²) >= 11 is 1.43. The van der Waals surface area contributed by atoms with Gasteiger partial charge in [0.15, 0.2) is 6.61 Å². The van der Waals surface area contributed by atoms with Crippen molar-refractivity contribution < 1.29 is 33.4 Å². The van der Waals surface area contributed by atoms with Crippen LogP contribution in [0.15, 0.2) is 78.9 Å². The number of thioether (sulfide) groups is 1. The van der Waals surface area contributed by atoms with Crippen molar-refractivity contribution in [3.63, 3.8) is 0 Å². The number of esters is 1. The van der Waals surface area contributed by atoms with E-state index in [2.05, 4.69) is 16.0 Å². The summed E-state index contributed by atoms with van der Waals surface area (Å²) < 4.78 is 11.2. The standard InChI is InChI=1S/C41H52N4O7S/c1-27-15-14-16-28(2)35(27)51-25-33(47)43-31(23-29-17-10-8-11-18-29)36(52-34(48)22-21-32(46)42-24-30-19-12-9-13-20-30)39(50)45-26-53-41(6,7)37(45)38(49)44-40(3,4)5/h8-20,31,36-37H,21-26H2,1-7H3,(H,42,46)(H,43,47)(H,44,49)/t31-,36-,37+/m0/s1. The van der Waals surface area contributed by atoms with Gasteiger partial charge in [-0.1, -0.05) is 78.9 Å². The molecule has 0 saturated carbocycles. The Morgan fingerprint density at radius 3 is 2.06 bits per heavy atom. The number of hydrogen-bond acceptors (Lipinski definition) is 8. The highest BCUT2D eigenvalue weighted by Gasteiger charge is 2.51. The predicted octanol–water partition coefficient (Wildman–Crippen LogP) is 5.01. The van der Waals surface area contributed by atoms with Crippen LogP contribution in [0.25, 0.3) is 0 Å². The molecule has 3 aromatic carbocycles. The molecule has 3 N–H and O–H groups in total. The lowest BCUT2D eigenvalue weighted by atomic mass is 9.96. The largest absolute Gasteiger partial charge is 0.483 e. The lowest BCUT2D eigenvalue weighted by molar-refractivity contribution is -0.164. The van der Waals surface area contributed by atoms with Crippen molar-refractivity contribution in [2.75, 3.05) is 12.5 Å². The van der Waals surface area contributed by atoms with E-state index in [9.17, 15) is 24.0 Å². The summed E-state index contributed by atoms with van der Waals surface area (Å²) in [5.41, 5.74) is 2.85. The Bertz CT molecular complexity index is 1720. The summed E-state index contributed by atoms with van der Waals surface area (Å²) in [7, 11) is 0. The van der Waals surface area contributed by atoms with Gasteiger partial charge in [-0.25, -0.2) is 0 Å². The van der Waals surface area contributed by atoms with Crippen molar-refractivity contribution in [1.29, 1.82) is 0 Å². The van der Waals surface area contributed by atoms with Gasteiger partial charge in [0.05, 0.1) is 18.3 Å². The fourth-order valence-electron chi connectivity index (χ4n) is 6.13. The van der Waals surface area contributed by atoms with E-state index in [1.54, 1.807) is 0 Å². The van der Waals surface area contributed by atoms with Gasteiger partial charge in [0.25, 0.3) is 11.8 Å². The van der Waals surface area contributed by atoms with E-state index >= 15 is 0 Å². The number of nitrogens with one attached hydrogen (secondary N) is 3. The highest BCUT2D eigenvalue weighted by Crippen LogP contribution is 2.40. The number of aryl methyl sites for hydroxylation is 2. The molecule has 1 fully saturated rings. The Labute approximate surface area is 317 Å². The molecule has 12 heteroatoms. The lowest BCUT2D eigenvalue weighted by Crippen LogP contribution is -2.61. The Morgan fingerprint density at radius 1 is 0.849 bits per heavy atom. The molecule has 4 amide bonds. The summed E-state index contributed by atoms with van der Waals surface area (Å²) in [5, 5.41) is 8.71. The van der Waals surface area contributed by atoms with Gasteiger partial charge in [0, 0.05) is 23.3 Å². The van der Waals surface area contributed by atoms with Crippen LogP contribution in [0.3, 0.4) is 0 Å². The summed E-state index contributed by atoms with van der Waals surface area (Å²) in [4.78, 5) is 69.7. The van der Waals surface area contributed by atoms with E-state index in [0.29, 0.717) is 12.3 Å². The predicted molar refractivity (Wildman–Crippen MR) is 206 cm³/mol. The Balaban J connectivity index is 1.61. The summed E-state index contributed by atoms with van der Waals surface area (Å²) in [6.07, 6.45) is -1.88. The van der Waals surface area contributed by atoms with Crippen LogP contribution in [0.1, 0.15) is 69.7 Å². The fourth-order valence-corrected chi connectivity index (χ4v) is 7.27. The van der Waals surface area contributed by atoms with Gasteiger partial charge in [-0.15, -0.1) is 11.8 Å². The van der Waals surface area contributed by atoms with Crippen LogP contribution < -0.4 is 20.7 Å². The molecule has 1 aliphatic heterocycles. The van der Waals surface area contributed by atoms with Crippen LogP contribution >= 0.6 is 11.8 Å². The smallest absolute Gasteiger partial charge is 0.307 e. The molecule has 0 aromatic heterocycles. The molecule has 284 valence electrons. The van der Waals surface area contributed by atoms with E-state index in [4.69, 9.17) is 9.47 Å². The van der Waals surface area contributed by atoms with Crippen molar-refractivity contribution >= 4 is 41.4 Å². The monoisotopic (exact) mass is 744 g/mol. The molecule has 1 aliphatic rings. The highest BCUT2D eigenvalue weighted by molar-refractivity contribution is 8.00. The number of hydrogen-bond donors (Lipinski definition) is 3. The number of carbonyl (C=O) groups is 5. The van der Waals surface area contributed by atoms with Crippen molar-refractivity contribution in [3.05, 3.63) is 101 Å². The van der Waals surface area contributed by atoms with E-state index in [1.807, 2.05) is 127 Å². The van der Waals surface area contributed by atoms with Gasteiger partial charge in [-0.05, 0) is 77.1 Å². The first-order chi connectivity index (χ1) is 25.0. The molecule has 0 bridgehead atoms. The van der Waals surface area contributed by atoms with Gasteiger partial charge in [-0.3, -0.25) is 24.0 Å². The number of carbonyl (C=O) groups excluding carboxylic acids is 5. The van der Waals surface area contributed by atoms with Gasteiger partial charge >= 0.3 is 5.97 Å². The van der Waals surface area contributed by atoms with E-state index in [1.165, 1.54) is 16.7 Å². The maximum absolute atomic E-state index is 14.7. The molecule has 4 rings (SSSR count). The molecule has 11 nitrogen and oxygen atoms in total. The molecule has 1 saturated heterocycles. The Morgan fingerprint density at radius 2 is 1.45 bits per heavy atom. The Kier molecular flexibility index (Phi) is 14.1. The SMILES string of the molecule is Cc1cccc(C)c1OCC(=O)N[C@@H](Cc1ccccc1)[C@H](OC(=O)CCC(=O)NCc1ccccc1)C(=O)N1CSC(C)(C)[C@H]1C(=O)NC(C)(C)C. The number of amides is 4. The first-order valence-electron chi connectivity index (χ1n) is 17.8. The van der Waals surface area contributed by atoms with Crippen LogP contribution in [-0.4, -0.2) is 75.5 Å². The molecular formula is C41H52N4O7S. The average Bonchev–Trinajstić information content (AvgIpc) is 3.43. The molecule has 3 atom stereocenters. The van der Waals surface area contributed by atoms with Gasteiger partial charge in [0.1, 0.15) is 11.8 Å². The zero-order valence-corrected chi connectivity index (χ0v) is 32.5. The molecule has 1 heterocycles. The Hall–Kier alpha value is -4.84. The topological polar surface area (TPSA) is 143 Å². The first kappa shape index (κ1) is 40.9. The van der Waals surface area contributed by atoms with Crippen LogP contribution in [0.4, 0.5) is 0 Å².